The van der Waals surface area contributed by atoms with Crippen molar-refractivity contribution in [2.24, 2.45) is 0 Å². The fourth-order valence-corrected chi connectivity index (χ4v) is 0.990. The van der Waals surface area contributed by atoms with Gasteiger partial charge < -0.3 is 8.94 Å². The maximum absolute atomic E-state index is 5.47. The van der Waals surface area contributed by atoms with E-state index in [0.29, 0.717) is 5.89 Å². The molecule has 2 rings (SSSR count). The largest absolute Gasteiger partial charge is 0.469 e. The zero-order valence-corrected chi connectivity index (χ0v) is 7.00. The quantitative estimate of drug-likeness (QED) is 0.682. The minimum absolute atomic E-state index is 0.101. The highest BCUT2D eigenvalue weighted by Crippen LogP contribution is 2.20. The molecule has 0 N–H and O–H groups in total. The molecule has 0 aliphatic carbocycles. The number of furan rings is 1. The van der Waals surface area contributed by atoms with Crippen molar-refractivity contribution in [2.45, 2.75) is 6.92 Å². The molecule has 0 aromatic carbocycles. The molecule has 0 aliphatic heterocycles. The van der Waals surface area contributed by atoms with Crippen LogP contribution in [0.15, 0.2) is 21.3 Å². The summed E-state index contributed by atoms with van der Waals surface area (Å²) in [6.07, 6.45) is 1.54. The van der Waals surface area contributed by atoms with E-state index in [1.165, 1.54) is 0 Å². The van der Waals surface area contributed by atoms with Crippen LogP contribution in [0.2, 0.25) is 5.28 Å². The fourth-order valence-electron chi connectivity index (χ4n) is 0.878. The molecule has 2 aromatic heterocycles. The molecule has 0 spiro atoms. The topological polar surface area (TPSA) is 52.1 Å². The molecule has 5 heteroatoms. The zero-order chi connectivity index (χ0) is 8.55. The number of halogens is 1. The van der Waals surface area contributed by atoms with Crippen LogP contribution in [-0.4, -0.2) is 10.1 Å². The van der Waals surface area contributed by atoms with E-state index >= 15 is 0 Å². The average molecular weight is 185 g/mol. The van der Waals surface area contributed by atoms with Gasteiger partial charge in [0.2, 0.25) is 0 Å². The number of rotatable bonds is 1. The molecule has 0 saturated heterocycles. The van der Waals surface area contributed by atoms with Gasteiger partial charge in [-0.15, -0.1) is 0 Å². The van der Waals surface area contributed by atoms with Crippen LogP contribution in [0.5, 0.6) is 0 Å². The van der Waals surface area contributed by atoms with Crippen LogP contribution in [0, 0.1) is 6.92 Å². The first-order valence-electron chi connectivity index (χ1n) is 3.30. The Kier molecular flexibility index (Phi) is 1.62. The van der Waals surface area contributed by atoms with Crippen molar-refractivity contribution >= 4 is 11.6 Å². The Morgan fingerprint density at radius 1 is 1.50 bits per heavy atom. The van der Waals surface area contributed by atoms with Crippen molar-refractivity contribution in [1.82, 2.24) is 10.1 Å². The van der Waals surface area contributed by atoms with Gasteiger partial charge in [-0.1, -0.05) is 0 Å². The van der Waals surface area contributed by atoms with Crippen molar-refractivity contribution in [3.05, 3.63) is 23.4 Å². The lowest BCUT2D eigenvalue weighted by Gasteiger charge is -1.79. The average Bonchev–Trinajstić information content (AvgIpc) is 2.58. The van der Waals surface area contributed by atoms with Crippen molar-refractivity contribution < 1.29 is 8.94 Å². The monoisotopic (exact) mass is 184 g/mol. The predicted octanol–water partition coefficient (Wildman–Crippen LogP) is 2.29. The van der Waals surface area contributed by atoms with E-state index in [2.05, 4.69) is 10.1 Å². The third-order valence-corrected chi connectivity index (χ3v) is 1.53. The Balaban J connectivity index is 2.43. The summed E-state index contributed by atoms with van der Waals surface area (Å²) in [6.45, 7) is 1.83. The summed E-state index contributed by atoms with van der Waals surface area (Å²) in [7, 11) is 0. The lowest BCUT2D eigenvalue weighted by molar-refractivity contribution is 0.429. The van der Waals surface area contributed by atoms with Gasteiger partial charge in [-0.05, 0) is 29.7 Å². The molecule has 2 aromatic rings. The summed E-state index contributed by atoms with van der Waals surface area (Å²) in [5.41, 5.74) is 0.743. The minimum Gasteiger partial charge on any atom is -0.469 e. The van der Waals surface area contributed by atoms with E-state index in [0.717, 1.165) is 11.3 Å². The molecule has 2 heterocycles. The first kappa shape index (κ1) is 7.36. The van der Waals surface area contributed by atoms with Crippen LogP contribution >= 0.6 is 11.6 Å². The van der Waals surface area contributed by atoms with Gasteiger partial charge in [0.05, 0.1) is 5.56 Å². The van der Waals surface area contributed by atoms with Crippen LogP contribution < -0.4 is 0 Å². The number of hydrogen-bond acceptors (Lipinski definition) is 4. The van der Waals surface area contributed by atoms with Crippen LogP contribution in [0.3, 0.4) is 0 Å². The number of nitrogens with zero attached hydrogens (tertiary/aromatic N) is 2. The molecule has 0 aliphatic rings. The Bertz CT molecular complexity index is 355. The third kappa shape index (κ3) is 1.21. The Morgan fingerprint density at radius 2 is 2.33 bits per heavy atom. The summed E-state index contributed by atoms with van der Waals surface area (Å²) < 4.78 is 9.87. The maximum atomic E-state index is 5.47. The van der Waals surface area contributed by atoms with E-state index in [-0.39, 0.29) is 5.28 Å². The molecule has 0 unspecified atom stereocenters. The van der Waals surface area contributed by atoms with Crippen LogP contribution in [0.1, 0.15) is 5.76 Å². The smallest absolute Gasteiger partial charge is 0.264 e. The van der Waals surface area contributed by atoms with Crippen molar-refractivity contribution in [3.8, 4) is 11.5 Å². The molecule has 0 saturated carbocycles. The van der Waals surface area contributed by atoms with Gasteiger partial charge in [-0.25, -0.2) is 0 Å². The summed E-state index contributed by atoms with van der Waals surface area (Å²) >= 11 is 5.47. The molecule has 12 heavy (non-hydrogen) atoms. The summed E-state index contributed by atoms with van der Waals surface area (Å²) in [4.78, 5) is 3.82. The summed E-state index contributed by atoms with van der Waals surface area (Å²) in [5.74, 6) is 1.16. The molecule has 0 fully saturated rings. The van der Waals surface area contributed by atoms with Crippen molar-refractivity contribution in [1.29, 1.82) is 0 Å². The molecule has 0 atom stereocenters. The van der Waals surface area contributed by atoms with Gasteiger partial charge in [0, 0.05) is 0 Å². The summed E-state index contributed by atoms with van der Waals surface area (Å²) in [6, 6.07) is 1.80. The van der Waals surface area contributed by atoms with Gasteiger partial charge in [0.25, 0.3) is 11.2 Å². The molecule has 0 amide bonds. The highest BCUT2D eigenvalue weighted by atomic mass is 35.5. The second-order valence-electron chi connectivity index (χ2n) is 2.31. The zero-order valence-electron chi connectivity index (χ0n) is 6.24. The molecular formula is C7H5ClN2O2. The number of aromatic nitrogens is 2. The highest BCUT2D eigenvalue weighted by Gasteiger charge is 2.08. The van der Waals surface area contributed by atoms with Crippen molar-refractivity contribution in [3.63, 3.8) is 0 Å². The molecule has 62 valence electrons. The van der Waals surface area contributed by atoms with Gasteiger partial charge in [-0.2, -0.15) is 4.98 Å². The number of aryl methyl sites for hydroxylation is 1. The van der Waals surface area contributed by atoms with E-state index in [9.17, 15) is 0 Å². The van der Waals surface area contributed by atoms with E-state index in [4.69, 9.17) is 20.5 Å². The third-order valence-electron chi connectivity index (χ3n) is 1.38. The molecule has 0 radical (unpaired) electrons. The second-order valence-corrected chi connectivity index (χ2v) is 2.65. The Labute approximate surface area is 73.1 Å². The van der Waals surface area contributed by atoms with Gasteiger partial charge >= 0.3 is 0 Å². The van der Waals surface area contributed by atoms with Gasteiger partial charge in [-0.3, -0.25) is 0 Å². The number of hydrogen-bond donors (Lipinski definition) is 0. The first-order chi connectivity index (χ1) is 5.75. The minimum atomic E-state index is 0.101. The standard InChI is InChI=1S/C7H5ClN2O2/c1-4-2-5(3-11-4)6-9-7(8)10-12-6/h2-3H,1H3. The van der Waals surface area contributed by atoms with Crippen LogP contribution in [0.25, 0.3) is 11.5 Å². The Hall–Kier alpha value is -1.29. The van der Waals surface area contributed by atoms with Gasteiger partial charge in [0.1, 0.15) is 12.0 Å². The van der Waals surface area contributed by atoms with Gasteiger partial charge in [0.15, 0.2) is 0 Å². The fraction of sp³-hybridized carbons (Fsp3) is 0.143. The van der Waals surface area contributed by atoms with Crippen LogP contribution in [0.4, 0.5) is 0 Å². The molecular weight excluding hydrogens is 180 g/mol. The lowest BCUT2D eigenvalue weighted by Crippen LogP contribution is -1.70. The van der Waals surface area contributed by atoms with E-state index < -0.39 is 0 Å². The normalized spacial score (nSPS) is 10.5. The molecule has 4 nitrogen and oxygen atoms in total. The van der Waals surface area contributed by atoms with E-state index in [1.807, 2.05) is 6.92 Å². The molecule has 0 bridgehead atoms. The highest BCUT2D eigenvalue weighted by molar-refractivity contribution is 6.28. The van der Waals surface area contributed by atoms with Crippen LogP contribution in [-0.2, 0) is 0 Å². The second kappa shape index (κ2) is 2.64. The maximum Gasteiger partial charge on any atom is 0.264 e. The summed E-state index contributed by atoms with van der Waals surface area (Å²) in [5, 5.41) is 3.54. The SMILES string of the molecule is Cc1cc(-c2nc(Cl)no2)co1. The van der Waals surface area contributed by atoms with Crippen molar-refractivity contribution in [2.75, 3.05) is 0 Å². The van der Waals surface area contributed by atoms with E-state index in [1.54, 1.807) is 12.3 Å². The first-order valence-corrected chi connectivity index (χ1v) is 3.68. The Morgan fingerprint density at radius 3 is 2.83 bits per heavy atom. The lowest BCUT2D eigenvalue weighted by atomic mass is 10.3. The predicted molar refractivity (Wildman–Crippen MR) is 41.7 cm³/mol.